The van der Waals surface area contributed by atoms with E-state index in [0.717, 1.165) is 15.8 Å². The number of carbonyl (C=O) groups is 2. The van der Waals surface area contributed by atoms with Crippen LogP contribution in [-0.4, -0.2) is 22.8 Å². The van der Waals surface area contributed by atoms with Gasteiger partial charge in [-0.05, 0) is 42.3 Å². The van der Waals surface area contributed by atoms with Crippen LogP contribution in [0.2, 0.25) is 5.02 Å². The van der Waals surface area contributed by atoms with Gasteiger partial charge in [-0.15, -0.1) is 0 Å². The zero-order valence-corrected chi connectivity index (χ0v) is 16.5. The minimum atomic E-state index is -0.365. The van der Waals surface area contributed by atoms with E-state index in [1.165, 1.54) is 18.3 Å². The monoisotopic (exact) mass is 415 g/mol. The van der Waals surface area contributed by atoms with Crippen molar-refractivity contribution < 1.29 is 9.59 Å². The first-order valence-corrected chi connectivity index (χ1v) is 9.93. The van der Waals surface area contributed by atoms with Gasteiger partial charge in [-0.3, -0.25) is 9.59 Å². The van der Waals surface area contributed by atoms with Gasteiger partial charge in [0.25, 0.3) is 0 Å². The van der Waals surface area contributed by atoms with Gasteiger partial charge in [0.15, 0.2) is 5.13 Å². The lowest BCUT2D eigenvalue weighted by Gasteiger charge is -2.11. The molecule has 1 aliphatic heterocycles. The quantitative estimate of drug-likeness (QED) is 0.523. The zero-order chi connectivity index (χ0) is 19.7. The molecule has 4 N–H and O–H groups in total. The van der Waals surface area contributed by atoms with Gasteiger partial charge in [-0.1, -0.05) is 35.1 Å². The van der Waals surface area contributed by atoms with Crippen LogP contribution in [0.25, 0.3) is 10.2 Å². The lowest BCUT2D eigenvalue weighted by Crippen LogP contribution is -2.39. The van der Waals surface area contributed by atoms with Gasteiger partial charge in [0.1, 0.15) is 6.04 Å². The molecule has 4 rings (SSSR count). The molecule has 144 valence electrons. The van der Waals surface area contributed by atoms with Crippen molar-refractivity contribution in [3.63, 3.8) is 0 Å². The highest BCUT2D eigenvalue weighted by molar-refractivity contribution is 7.22. The maximum atomic E-state index is 12.6. The highest BCUT2D eigenvalue weighted by atomic mass is 35.5. The maximum absolute atomic E-state index is 12.6. The molecule has 1 fully saturated rings. The second kappa shape index (κ2) is 7.84. The standard InChI is InChI=1S/C19H18ClN5O2S/c1-10(26)21-19-23-14-6-5-13(8-17(14)28-19)22-18(27)16-9-15(24-25-16)11-3-2-4-12(20)7-11/h2-8,15-16,24-25H,9H2,1H3,(H,22,27)(H,21,23,26). The summed E-state index contributed by atoms with van der Waals surface area (Å²) >= 11 is 7.42. The summed E-state index contributed by atoms with van der Waals surface area (Å²) in [6, 6.07) is 12.7. The molecule has 2 unspecified atom stereocenters. The van der Waals surface area contributed by atoms with Gasteiger partial charge < -0.3 is 10.6 Å². The SMILES string of the molecule is CC(=O)Nc1nc2ccc(NC(=O)C3CC(c4cccc(Cl)c4)NN3)cc2s1. The van der Waals surface area contributed by atoms with Crippen LogP contribution in [0.4, 0.5) is 10.8 Å². The number of benzene rings is 2. The van der Waals surface area contributed by atoms with Crippen molar-refractivity contribution in [3.05, 3.63) is 53.1 Å². The van der Waals surface area contributed by atoms with Gasteiger partial charge in [-0.2, -0.15) is 0 Å². The third kappa shape index (κ3) is 4.15. The summed E-state index contributed by atoms with van der Waals surface area (Å²) in [5, 5.41) is 6.82. The second-order valence-corrected chi connectivity index (χ2v) is 8.02. The Bertz CT molecular complexity index is 1050. The zero-order valence-electron chi connectivity index (χ0n) is 15.0. The minimum absolute atomic E-state index is 0.0126. The molecule has 0 saturated carbocycles. The number of nitrogens with one attached hydrogen (secondary N) is 4. The molecule has 1 aliphatic rings. The number of hydrogen-bond donors (Lipinski definition) is 4. The molecule has 2 aromatic carbocycles. The first-order valence-electron chi connectivity index (χ1n) is 8.73. The molecule has 28 heavy (non-hydrogen) atoms. The van der Waals surface area contributed by atoms with Crippen LogP contribution in [-0.2, 0) is 9.59 Å². The first-order chi connectivity index (χ1) is 13.5. The fourth-order valence-corrected chi connectivity index (χ4v) is 4.26. The molecule has 7 nitrogen and oxygen atoms in total. The number of fused-ring (bicyclic) bond motifs is 1. The average molecular weight is 416 g/mol. The van der Waals surface area contributed by atoms with E-state index in [0.29, 0.717) is 22.3 Å². The molecular weight excluding hydrogens is 398 g/mol. The van der Waals surface area contributed by atoms with E-state index >= 15 is 0 Å². The van der Waals surface area contributed by atoms with Crippen LogP contribution in [0.15, 0.2) is 42.5 Å². The number of aromatic nitrogens is 1. The Morgan fingerprint density at radius 3 is 2.82 bits per heavy atom. The summed E-state index contributed by atoms with van der Waals surface area (Å²) in [6.45, 7) is 1.44. The minimum Gasteiger partial charge on any atom is -0.325 e. The molecule has 0 spiro atoms. The Kier molecular flexibility index (Phi) is 5.27. The summed E-state index contributed by atoms with van der Waals surface area (Å²) in [5.74, 6) is -0.287. The number of amides is 2. The van der Waals surface area contributed by atoms with E-state index in [-0.39, 0.29) is 23.9 Å². The van der Waals surface area contributed by atoms with Crippen LogP contribution in [0.5, 0.6) is 0 Å². The lowest BCUT2D eigenvalue weighted by atomic mass is 10.0. The van der Waals surface area contributed by atoms with E-state index in [4.69, 9.17) is 11.6 Å². The van der Waals surface area contributed by atoms with Crippen LogP contribution >= 0.6 is 22.9 Å². The van der Waals surface area contributed by atoms with Gasteiger partial charge in [0.05, 0.1) is 10.2 Å². The summed E-state index contributed by atoms with van der Waals surface area (Å²) < 4.78 is 0.885. The van der Waals surface area contributed by atoms with Crippen molar-refractivity contribution in [1.29, 1.82) is 0 Å². The van der Waals surface area contributed by atoms with Gasteiger partial charge >= 0.3 is 0 Å². The molecule has 2 atom stereocenters. The topological polar surface area (TPSA) is 95.2 Å². The molecular formula is C19H18ClN5O2S. The Morgan fingerprint density at radius 2 is 2.04 bits per heavy atom. The maximum Gasteiger partial charge on any atom is 0.242 e. The summed E-state index contributed by atoms with van der Waals surface area (Å²) in [5.41, 5.74) is 8.69. The van der Waals surface area contributed by atoms with Crippen molar-refractivity contribution in [2.75, 3.05) is 10.6 Å². The van der Waals surface area contributed by atoms with Crippen LogP contribution in [0, 0.1) is 0 Å². The van der Waals surface area contributed by atoms with E-state index < -0.39 is 0 Å². The van der Waals surface area contributed by atoms with Crippen LogP contribution in [0.1, 0.15) is 24.9 Å². The molecule has 2 heterocycles. The Labute approximate surface area is 170 Å². The summed E-state index contributed by atoms with van der Waals surface area (Å²) in [7, 11) is 0. The highest BCUT2D eigenvalue weighted by Crippen LogP contribution is 2.29. The molecule has 1 aromatic heterocycles. The molecule has 1 saturated heterocycles. The molecule has 2 amide bonds. The molecule has 3 aromatic rings. The number of nitrogens with zero attached hydrogens (tertiary/aromatic N) is 1. The largest absolute Gasteiger partial charge is 0.325 e. The summed E-state index contributed by atoms with van der Waals surface area (Å²) in [6.07, 6.45) is 0.613. The normalized spacial score (nSPS) is 18.9. The third-order valence-corrected chi connectivity index (χ3v) is 5.58. The van der Waals surface area contributed by atoms with Crippen molar-refractivity contribution in [1.82, 2.24) is 15.8 Å². The first kappa shape index (κ1) is 18.8. The number of halogens is 1. The number of hydrogen-bond acceptors (Lipinski definition) is 6. The van der Waals surface area contributed by atoms with Crippen molar-refractivity contribution >= 4 is 55.8 Å². The average Bonchev–Trinajstić information content (AvgIpc) is 3.27. The van der Waals surface area contributed by atoms with Gasteiger partial charge in [-0.25, -0.2) is 15.8 Å². The molecule has 0 bridgehead atoms. The fraction of sp³-hybridized carbons (Fsp3) is 0.211. The van der Waals surface area contributed by atoms with E-state index in [1.54, 1.807) is 6.07 Å². The fourth-order valence-electron chi connectivity index (χ4n) is 3.11. The molecule has 0 radical (unpaired) electrons. The predicted octanol–water partition coefficient (Wildman–Crippen LogP) is 3.45. The van der Waals surface area contributed by atoms with Gasteiger partial charge in [0, 0.05) is 23.7 Å². The van der Waals surface area contributed by atoms with E-state index in [9.17, 15) is 9.59 Å². The number of carbonyl (C=O) groups excluding carboxylic acids is 2. The lowest BCUT2D eigenvalue weighted by molar-refractivity contribution is -0.118. The number of anilines is 2. The number of rotatable bonds is 4. The Morgan fingerprint density at radius 1 is 1.18 bits per heavy atom. The molecule has 0 aliphatic carbocycles. The second-order valence-electron chi connectivity index (χ2n) is 6.56. The smallest absolute Gasteiger partial charge is 0.242 e. The van der Waals surface area contributed by atoms with E-state index in [2.05, 4.69) is 26.5 Å². The van der Waals surface area contributed by atoms with Gasteiger partial charge in [0.2, 0.25) is 11.8 Å². The van der Waals surface area contributed by atoms with Crippen molar-refractivity contribution in [2.24, 2.45) is 0 Å². The number of thiazole rings is 1. The third-order valence-electron chi connectivity index (χ3n) is 4.41. The van der Waals surface area contributed by atoms with Crippen LogP contribution < -0.4 is 21.5 Å². The number of hydrazine groups is 1. The Balaban J connectivity index is 1.42. The van der Waals surface area contributed by atoms with Crippen molar-refractivity contribution in [2.45, 2.75) is 25.4 Å². The molecule has 9 heteroatoms. The van der Waals surface area contributed by atoms with E-state index in [1.807, 2.05) is 36.4 Å². The van der Waals surface area contributed by atoms with Crippen LogP contribution in [0.3, 0.4) is 0 Å². The highest BCUT2D eigenvalue weighted by Gasteiger charge is 2.30. The summed E-state index contributed by atoms with van der Waals surface area (Å²) in [4.78, 5) is 28.2. The van der Waals surface area contributed by atoms with Crippen molar-refractivity contribution in [3.8, 4) is 0 Å². The predicted molar refractivity (Wildman–Crippen MR) is 111 cm³/mol. The Hall–Kier alpha value is -2.52.